The summed E-state index contributed by atoms with van der Waals surface area (Å²) in [4.78, 5) is 36.8. The van der Waals surface area contributed by atoms with E-state index in [2.05, 4.69) is 10.6 Å². The van der Waals surface area contributed by atoms with Crippen LogP contribution in [0.1, 0.15) is 28.8 Å². The molecule has 0 aromatic heterocycles. The largest absolute Gasteiger partial charge is 0.385 e. The zero-order valence-corrected chi connectivity index (χ0v) is 11.8. The van der Waals surface area contributed by atoms with Gasteiger partial charge in [-0.05, 0) is 30.5 Å². The van der Waals surface area contributed by atoms with Crippen molar-refractivity contribution in [1.29, 1.82) is 0 Å². The molecule has 1 saturated heterocycles. The van der Waals surface area contributed by atoms with E-state index in [1.54, 1.807) is 6.07 Å². The second-order valence-corrected chi connectivity index (χ2v) is 5.38. The molecule has 0 bridgehead atoms. The highest BCUT2D eigenvalue weighted by Gasteiger charge is 2.37. The molecule has 110 valence electrons. The van der Waals surface area contributed by atoms with Gasteiger partial charge in [0, 0.05) is 24.8 Å². The van der Waals surface area contributed by atoms with Gasteiger partial charge in [0.2, 0.25) is 5.91 Å². The summed E-state index contributed by atoms with van der Waals surface area (Å²) in [5.74, 6) is -0.907. The molecule has 6 nitrogen and oxygen atoms in total. The number of carbonyl (C=O) groups excluding carboxylic acids is 3. The van der Waals surface area contributed by atoms with Crippen molar-refractivity contribution < 1.29 is 14.4 Å². The van der Waals surface area contributed by atoms with E-state index >= 15 is 0 Å². The number of anilines is 1. The van der Waals surface area contributed by atoms with E-state index in [0.29, 0.717) is 5.56 Å². The van der Waals surface area contributed by atoms with Crippen LogP contribution >= 0.6 is 0 Å². The molecule has 1 aromatic carbocycles. The van der Waals surface area contributed by atoms with E-state index in [1.807, 2.05) is 12.1 Å². The van der Waals surface area contributed by atoms with Crippen molar-refractivity contribution in [3.8, 4) is 0 Å². The van der Waals surface area contributed by atoms with Gasteiger partial charge in [-0.25, -0.2) is 0 Å². The maximum absolute atomic E-state index is 12.4. The van der Waals surface area contributed by atoms with Crippen LogP contribution in [0.5, 0.6) is 0 Å². The number of hydrogen-bond acceptors (Lipinski definition) is 4. The van der Waals surface area contributed by atoms with Crippen LogP contribution in [0.15, 0.2) is 18.2 Å². The van der Waals surface area contributed by atoms with Crippen molar-refractivity contribution in [1.82, 2.24) is 10.2 Å². The highest BCUT2D eigenvalue weighted by molar-refractivity contribution is 6.08. The molecular formula is C15H17N3O3. The summed E-state index contributed by atoms with van der Waals surface area (Å²) in [7, 11) is 1.44. The van der Waals surface area contributed by atoms with Crippen LogP contribution in [-0.2, 0) is 16.0 Å². The lowest BCUT2D eigenvalue weighted by molar-refractivity contribution is -0.137. The highest BCUT2D eigenvalue weighted by Crippen LogP contribution is 2.25. The Morgan fingerprint density at radius 3 is 2.90 bits per heavy atom. The molecule has 2 aliphatic rings. The number of likely N-dealkylation sites (N-methyl/N-ethyl adjacent to an activating group) is 1. The van der Waals surface area contributed by atoms with Crippen molar-refractivity contribution in [2.75, 3.05) is 18.9 Å². The lowest BCUT2D eigenvalue weighted by Crippen LogP contribution is -2.41. The Bertz CT molecular complexity index is 627. The van der Waals surface area contributed by atoms with E-state index in [0.717, 1.165) is 35.5 Å². The molecule has 0 spiro atoms. The van der Waals surface area contributed by atoms with Gasteiger partial charge in [0.15, 0.2) is 0 Å². The number of benzene rings is 1. The van der Waals surface area contributed by atoms with Gasteiger partial charge in [-0.3, -0.25) is 19.3 Å². The van der Waals surface area contributed by atoms with E-state index in [-0.39, 0.29) is 24.1 Å². The Morgan fingerprint density at radius 2 is 2.19 bits per heavy atom. The summed E-state index contributed by atoms with van der Waals surface area (Å²) in [6.07, 6.45) is 1.85. The Hall–Kier alpha value is -2.37. The summed E-state index contributed by atoms with van der Waals surface area (Å²) >= 11 is 0. The number of nitrogens with zero attached hydrogens (tertiary/aromatic N) is 1. The molecule has 3 rings (SSSR count). The van der Waals surface area contributed by atoms with E-state index in [9.17, 15) is 14.4 Å². The number of likely N-dealkylation sites (tertiary alicyclic amines) is 1. The summed E-state index contributed by atoms with van der Waals surface area (Å²) < 4.78 is 0. The average molecular weight is 287 g/mol. The van der Waals surface area contributed by atoms with Crippen LogP contribution in [0.3, 0.4) is 0 Å². The molecule has 6 heteroatoms. The number of imide groups is 1. The molecule has 2 N–H and O–H groups in total. The van der Waals surface area contributed by atoms with E-state index in [4.69, 9.17) is 0 Å². The Balaban J connectivity index is 1.81. The smallest absolute Gasteiger partial charge is 0.252 e. The van der Waals surface area contributed by atoms with Crippen molar-refractivity contribution in [2.45, 2.75) is 25.3 Å². The molecule has 0 aliphatic carbocycles. The minimum atomic E-state index is -0.748. The minimum absolute atomic E-state index is 0.0361. The molecule has 2 aliphatic heterocycles. The number of amides is 3. The number of nitrogens with one attached hydrogen (secondary N) is 2. The van der Waals surface area contributed by atoms with E-state index in [1.165, 1.54) is 7.05 Å². The predicted molar refractivity (Wildman–Crippen MR) is 76.9 cm³/mol. The maximum Gasteiger partial charge on any atom is 0.252 e. The van der Waals surface area contributed by atoms with Crippen molar-refractivity contribution >= 4 is 23.4 Å². The quantitative estimate of drug-likeness (QED) is 0.778. The first kappa shape index (κ1) is 13.6. The van der Waals surface area contributed by atoms with Gasteiger partial charge in [0.25, 0.3) is 11.8 Å². The fraction of sp³-hybridized carbons (Fsp3) is 0.400. The van der Waals surface area contributed by atoms with Gasteiger partial charge in [-0.2, -0.15) is 0 Å². The van der Waals surface area contributed by atoms with Crippen molar-refractivity contribution in [3.05, 3.63) is 29.3 Å². The number of fused-ring (bicyclic) bond motifs is 1. The molecule has 1 atom stereocenters. The number of carbonyl (C=O) groups is 3. The third kappa shape index (κ3) is 2.37. The summed E-state index contributed by atoms with van der Waals surface area (Å²) in [6.45, 7) is 0.901. The third-order valence-corrected chi connectivity index (χ3v) is 4.03. The molecule has 1 fully saturated rings. The first-order valence-corrected chi connectivity index (χ1v) is 7.05. The lowest BCUT2D eigenvalue weighted by Gasteiger charge is -2.21. The monoisotopic (exact) mass is 287 g/mol. The average Bonchev–Trinajstić information content (AvgIpc) is 2.74. The number of rotatable bonds is 2. The van der Waals surface area contributed by atoms with Gasteiger partial charge in [-0.15, -0.1) is 0 Å². The molecule has 0 radical (unpaired) electrons. The second-order valence-electron chi connectivity index (χ2n) is 5.38. The molecule has 21 heavy (non-hydrogen) atoms. The Kier molecular flexibility index (Phi) is 3.37. The van der Waals surface area contributed by atoms with Crippen LogP contribution in [0.25, 0.3) is 0 Å². The van der Waals surface area contributed by atoms with Crippen LogP contribution < -0.4 is 10.6 Å². The van der Waals surface area contributed by atoms with Gasteiger partial charge in [0.1, 0.15) is 6.04 Å². The SMILES string of the molecule is CN1C(=O)CC(NC(=O)c2cccc3c2CCCN3)C1=O. The Morgan fingerprint density at radius 1 is 1.38 bits per heavy atom. The first-order chi connectivity index (χ1) is 10.1. The third-order valence-electron chi connectivity index (χ3n) is 4.03. The van der Waals surface area contributed by atoms with Crippen LogP contribution in [0.4, 0.5) is 5.69 Å². The zero-order chi connectivity index (χ0) is 15.0. The van der Waals surface area contributed by atoms with E-state index < -0.39 is 6.04 Å². The summed E-state index contributed by atoms with van der Waals surface area (Å²) in [6, 6.07) is 4.78. The topological polar surface area (TPSA) is 78.5 Å². The first-order valence-electron chi connectivity index (χ1n) is 7.05. The van der Waals surface area contributed by atoms with Crippen LogP contribution in [0, 0.1) is 0 Å². The molecule has 0 saturated carbocycles. The predicted octanol–water partition coefficient (Wildman–Crippen LogP) is 0.532. The van der Waals surface area contributed by atoms with Crippen molar-refractivity contribution in [2.24, 2.45) is 0 Å². The van der Waals surface area contributed by atoms with Gasteiger partial charge in [0.05, 0.1) is 6.42 Å². The highest BCUT2D eigenvalue weighted by atomic mass is 16.2. The summed E-state index contributed by atoms with van der Waals surface area (Å²) in [5, 5.41) is 5.94. The fourth-order valence-corrected chi connectivity index (χ4v) is 2.83. The van der Waals surface area contributed by atoms with Crippen LogP contribution in [-0.4, -0.2) is 42.3 Å². The fourth-order valence-electron chi connectivity index (χ4n) is 2.83. The molecular weight excluding hydrogens is 270 g/mol. The molecule has 1 unspecified atom stereocenters. The van der Waals surface area contributed by atoms with Gasteiger partial charge >= 0.3 is 0 Å². The van der Waals surface area contributed by atoms with Crippen molar-refractivity contribution in [3.63, 3.8) is 0 Å². The molecule has 3 amide bonds. The van der Waals surface area contributed by atoms with Gasteiger partial charge in [-0.1, -0.05) is 6.07 Å². The molecule has 1 aromatic rings. The number of hydrogen-bond donors (Lipinski definition) is 2. The molecule has 2 heterocycles. The lowest BCUT2D eigenvalue weighted by atomic mass is 9.97. The summed E-state index contributed by atoms with van der Waals surface area (Å²) in [5.41, 5.74) is 2.53. The normalized spacial score (nSPS) is 21.0. The van der Waals surface area contributed by atoms with Crippen LogP contribution in [0.2, 0.25) is 0 Å². The second kappa shape index (κ2) is 5.20. The standard InChI is InChI=1S/C15H17N3O3/c1-18-13(19)8-12(15(18)21)17-14(20)10-4-2-6-11-9(10)5-3-7-16-11/h2,4,6,12,16H,3,5,7-8H2,1H3,(H,17,20). The maximum atomic E-state index is 12.4. The van der Waals surface area contributed by atoms with Gasteiger partial charge < -0.3 is 10.6 Å². The zero-order valence-electron chi connectivity index (χ0n) is 11.8. The Labute approximate surface area is 122 Å². The minimum Gasteiger partial charge on any atom is -0.385 e.